The van der Waals surface area contributed by atoms with Crippen LogP contribution in [0.5, 0.6) is 0 Å². The van der Waals surface area contributed by atoms with E-state index in [1.165, 1.54) is 12.1 Å². The number of amides is 1. The lowest BCUT2D eigenvalue weighted by Crippen LogP contribution is -2.21. The Balaban J connectivity index is 1.97. The minimum atomic E-state index is -3.27. The fourth-order valence-corrected chi connectivity index (χ4v) is 2.65. The van der Waals surface area contributed by atoms with E-state index in [9.17, 15) is 13.2 Å². The molecule has 0 radical (unpaired) electrons. The van der Waals surface area contributed by atoms with Gasteiger partial charge in [0, 0.05) is 22.7 Å². The van der Waals surface area contributed by atoms with Crippen LogP contribution in [-0.4, -0.2) is 27.1 Å². The molecule has 0 aliphatic rings. The number of sulfone groups is 1. The molecule has 1 amide bonds. The van der Waals surface area contributed by atoms with Gasteiger partial charge in [0.05, 0.1) is 11.4 Å². The molecule has 0 aromatic heterocycles. The van der Waals surface area contributed by atoms with Gasteiger partial charge in [-0.15, -0.1) is 0 Å². The van der Waals surface area contributed by atoms with Crippen molar-refractivity contribution in [2.24, 2.45) is 0 Å². The van der Waals surface area contributed by atoms with Gasteiger partial charge < -0.3 is 10.6 Å². The summed E-state index contributed by atoms with van der Waals surface area (Å²) < 4.78 is 23.0. The first-order chi connectivity index (χ1) is 10.3. The van der Waals surface area contributed by atoms with Gasteiger partial charge in [0.1, 0.15) is 0 Å². The summed E-state index contributed by atoms with van der Waals surface area (Å²) in [5.74, 6) is -0.257. The Hall–Kier alpha value is -2.05. The van der Waals surface area contributed by atoms with Gasteiger partial charge in [0.2, 0.25) is 5.91 Å². The van der Waals surface area contributed by atoms with Crippen LogP contribution in [0, 0.1) is 0 Å². The summed E-state index contributed by atoms with van der Waals surface area (Å²) in [6, 6.07) is 13.1. The summed E-state index contributed by atoms with van der Waals surface area (Å²) in [6.07, 6.45) is 1.14. The fourth-order valence-electron chi connectivity index (χ4n) is 1.79. The van der Waals surface area contributed by atoms with Gasteiger partial charge in [-0.2, -0.15) is 0 Å². The Bertz CT molecular complexity index is 791. The molecule has 22 heavy (non-hydrogen) atoms. The van der Waals surface area contributed by atoms with Crippen molar-refractivity contribution in [1.82, 2.24) is 0 Å². The number of anilines is 2. The zero-order valence-corrected chi connectivity index (χ0v) is 13.4. The highest BCUT2D eigenvalue weighted by Crippen LogP contribution is 2.16. The molecule has 0 unspecified atom stereocenters. The summed E-state index contributed by atoms with van der Waals surface area (Å²) in [5.41, 5.74) is 1.16. The Morgan fingerprint density at radius 1 is 1.09 bits per heavy atom. The Labute approximate surface area is 134 Å². The van der Waals surface area contributed by atoms with Crippen LogP contribution in [0.4, 0.5) is 11.4 Å². The van der Waals surface area contributed by atoms with E-state index in [2.05, 4.69) is 10.6 Å². The number of hydrogen-bond donors (Lipinski definition) is 2. The first-order valence-corrected chi connectivity index (χ1v) is 8.71. The summed E-state index contributed by atoms with van der Waals surface area (Å²) in [5, 5.41) is 6.11. The number of halogens is 1. The van der Waals surface area contributed by atoms with E-state index >= 15 is 0 Å². The number of nitrogens with one attached hydrogen (secondary N) is 2. The average Bonchev–Trinajstić information content (AvgIpc) is 2.45. The highest BCUT2D eigenvalue weighted by atomic mass is 35.5. The van der Waals surface area contributed by atoms with Gasteiger partial charge in [-0.05, 0) is 36.4 Å². The molecule has 2 aromatic carbocycles. The molecule has 0 spiro atoms. The minimum absolute atomic E-state index is 0.0136. The molecule has 0 aliphatic heterocycles. The van der Waals surface area contributed by atoms with E-state index < -0.39 is 9.84 Å². The van der Waals surface area contributed by atoms with Gasteiger partial charge >= 0.3 is 0 Å². The quantitative estimate of drug-likeness (QED) is 0.879. The fraction of sp³-hybridized carbons (Fsp3) is 0.133. The van der Waals surface area contributed by atoms with Gasteiger partial charge in [-0.25, -0.2) is 8.42 Å². The van der Waals surface area contributed by atoms with E-state index in [1.54, 1.807) is 36.4 Å². The molecule has 0 atom stereocenters. The molecule has 5 nitrogen and oxygen atoms in total. The number of benzene rings is 2. The van der Waals surface area contributed by atoms with Crippen molar-refractivity contribution in [3.63, 3.8) is 0 Å². The third kappa shape index (κ3) is 4.75. The lowest BCUT2D eigenvalue weighted by Gasteiger charge is -2.09. The molecule has 116 valence electrons. The van der Waals surface area contributed by atoms with Crippen molar-refractivity contribution < 1.29 is 13.2 Å². The molecule has 2 aromatic rings. The highest BCUT2D eigenvalue weighted by Gasteiger charge is 2.08. The summed E-state index contributed by atoms with van der Waals surface area (Å²) >= 11 is 5.84. The van der Waals surface area contributed by atoms with E-state index in [0.29, 0.717) is 16.4 Å². The van der Waals surface area contributed by atoms with E-state index in [0.717, 1.165) is 6.26 Å². The second-order valence-corrected chi connectivity index (χ2v) is 7.16. The lowest BCUT2D eigenvalue weighted by molar-refractivity contribution is -0.114. The predicted octanol–water partition coefficient (Wildman–Crippen LogP) is 2.79. The largest absolute Gasteiger partial charge is 0.376 e. The van der Waals surface area contributed by atoms with Gasteiger partial charge in [0.15, 0.2) is 9.84 Å². The number of carbonyl (C=O) groups is 1. The number of hydrogen-bond acceptors (Lipinski definition) is 4. The Morgan fingerprint density at radius 3 is 2.45 bits per heavy atom. The molecular formula is C15H15ClN2O3S. The molecule has 2 rings (SSSR count). The molecule has 2 N–H and O–H groups in total. The van der Waals surface area contributed by atoms with Gasteiger partial charge in [0.25, 0.3) is 0 Å². The lowest BCUT2D eigenvalue weighted by atomic mass is 10.3. The topological polar surface area (TPSA) is 75.3 Å². The van der Waals surface area contributed by atoms with Crippen molar-refractivity contribution in [3.8, 4) is 0 Å². The molecule has 0 saturated heterocycles. The molecule has 0 heterocycles. The van der Waals surface area contributed by atoms with Crippen molar-refractivity contribution in [3.05, 3.63) is 53.6 Å². The van der Waals surface area contributed by atoms with Crippen molar-refractivity contribution in [2.45, 2.75) is 4.90 Å². The van der Waals surface area contributed by atoms with E-state index in [1.807, 2.05) is 0 Å². The minimum Gasteiger partial charge on any atom is -0.376 e. The predicted molar refractivity (Wildman–Crippen MR) is 88.1 cm³/mol. The zero-order valence-electron chi connectivity index (χ0n) is 11.8. The van der Waals surface area contributed by atoms with Crippen molar-refractivity contribution in [1.29, 1.82) is 0 Å². The number of carbonyl (C=O) groups excluding carboxylic acids is 1. The van der Waals surface area contributed by atoms with E-state index in [4.69, 9.17) is 11.6 Å². The van der Waals surface area contributed by atoms with Crippen LogP contribution in [0.15, 0.2) is 53.4 Å². The maximum atomic E-state index is 11.8. The zero-order chi connectivity index (χ0) is 16.2. The van der Waals surface area contributed by atoms with Crippen molar-refractivity contribution >= 4 is 38.7 Å². The van der Waals surface area contributed by atoms with Gasteiger partial charge in [-0.3, -0.25) is 4.79 Å². The number of rotatable bonds is 5. The van der Waals surface area contributed by atoms with Gasteiger partial charge in [-0.1, -0.05) is 23.7 Å². The first kappa shape index (κ1) is 16.3. The summed E-state index contributed by atoms with van der Waals surface area (Å²) in [4.78, 5) is 12.0. The Kier molecular flexibility index (Phi) is 5.05. The van der Waals surface area contributed by atoms with Crippen LogP contribution in [0.1, 0.15) is 0 Å². The maximum absolute atomic E-state index is 11.8. The molecule has 0 aliphatic carbocycles. The van der Waals surface area contributed by atoms with Crippen LogP contribution in [0.3, 0.4) is 0 Å². The smallest absolute Gasteiger partial charge is 0.243 e. The molecule has 7 heteroatoms. The summed E-state index contributed by atoms with van der Waals surface area (Å²) in [7, 11) is -3.27. The third-order valence-electron chi connectivity index (χ3n) is 2.82. The SMILES string of the molecule is CS(=O)(=O)c1cccc(NCC(=O)Nc2cccc(Cl)c2)c1. The van der Waals surface area contributed by atoms with Crippen LogP contribution < -0.4 is 10.6 Å². The van der Waals surface area contributed by atoms with Crippen molar-refractivity contribution in [2.75, 3.05) is 23.4 Å². The molecule has 0 bridgehead atoms. The standard InChI is InChI=1S/C15H15ClN2O3S/c1-22(20,21)14-7-3-5-12(9-14)17-10-15(19)18-13-6-2-4-11(16)8-13/h2-9,17H,10H2,1H3,(H,18,19). The van der Waals surface area contributed by atoms with E-state index in [-0.39, 0.29) is 17.3 Å². The van der Waals surface area contributed by atoms with Crippen LogP contribution in [0.2, 0.25) is 5.02 Å². The average molecular weight is 339 g/mol. The second kappa shape index (κ2) is 6.81. The van der Waals surface area contributed by atoms with Crippen LogP contribution in [-0.2, 0) is 14.6 Å². The monoisotopic (exact) mass is 338 g/mol. The summed E-state index contributed by atoms with van der Waals surface area (Å²) in [6.45, 7) is 0.0136. The first-order valence-electron chi connectivity index (χ1n) is 6.44. The molecular weight excluding hydrogens is 324 g/mol. The normalized spacial score (nSPS) is 11.0. The second-order valence-electron chi connectivity index (χ2n) is 4.71. The molecule has 0 fully saturated rings. The van der Waals surface area contributed by atoms with Crippen LogP contribution >= 0.6 is 11.6 Å². The van der Waals surface area contributed by atoms with Crippen LogP contribution in [0.25, 0.3) is 0 Å². The third-order valence-corrected chi connectivity index (χ3v) is 4.17. The molecule has 0 saturated carbocycles. The highest BCUT2D eigenvalue weighted by molar-refractivity contribution is 7.90. The Morgan fingerprint density at radius 2 is 1.77 bits per heavy atom. The maximum Gasteiger partial charge on any atom is 0.243 e.